The summed E-state index contributed by atoms with van der Waals surface area (Å²) >= 11 is 0. The molecule has 0 aromatic carbocycles. The van der Waals surface area contributed by atoms with E-state index in [9.17, 15) is 19.0 Å². The number of quaternary nitrogens is 1. The number of unbranched alkanes of at least 4 members (excludes halogenated alkanes) is 45. The van der Waals surface area contributed by atoms with Crippen LogP contribution in [0.2, 0.25) is 0 Å². The van der Waals surface area contributed by atoms with E-state index in [1.165, 1.54) is 257 Å². The Labute approximate surface area is 479 Å². The summed E-state index contributed by atoms with van der Waals surface area (Å²) in [5.74, 6) is -0.829. The highest BCUT2D eigenvalue weighted by atomic mass is 31.2. The molecule has 0 bridgehead atoms. The number of likely N-dealkylation sites (N-methyl/N-ethyl adjacent to an activating group) is 1. The molecule has 0 saturated carbocycles. The topological polar surface area (TPSA) is 111 Å². The molecule has 0 heterocycles. The van der Waals surface area contributed by atoms with Crippen LogP contribution in [0, 0.1) is 0 Å². The molecule has 0 aromatic rings. The van der Waals surface area contributed by atoms with Crippen molar-refractivity contribution in [2.24, 2.45) is 0 Å². The van der Waals surface area contributed by atoms with Gasteiger partial charge in [-0.15, -0.1) is 0 Å². The van der Waals surface area contributed by atoms with Crippen molar-refractivity contribution in [3.05, 3.63) is 24.3 Å². The molecule has 0 radical (unpaired) electrons. The number of ether oxygens (including phenoxy) is 2. The third kappa shape index (κ3) is 63.5. The molecule has 0 N–H and O–H groups in total. The molecule has 2 atom stereocenters. The van der Waals surface area contributed by atoms with Gasteiger partial charge in [0.15, 0.2) is 6.10 Å². The first-order valence-corrected chi connectivity index (χ1v) is 35.0. The van der Waals surface area contributed by atoms with E-state index in [1.807, 2.05) is 21.1 Å². The predicted molar refractivity (Wildman–Crippen MR) is 328 cm³/mol. The maximum Gasteiger partial charge on any atom is 0.306 e. The molecular weight excluding hydrogens is 978 g/mol. The lowest BCUT2D eigenvalue weighted by molar-refractivity contribution is -0.870. The number of esters is 2. The Kier molecular flexibility index (Phi) is 58.0. The van der Waals surface area contributed by atoms with Gasteiger partial charge in [-0.05, 0) is 64.2 Å². The fraction of sp³-hybridized carbons (Fsp3) is 0.910. The van der Waals surface area contributed by atoms with Gasteiger partial charge in [0.1, 0.15) is 19.8 Å². The number of carbonyl (C=O) groups is 2. The Morgan fingerprint density at radius 1 is 0.390 bits per heavy atom. The molecule has 0 amide bonds. The molecule has 9 nitrogen and oxygen atoms in total. The second kappa shape index (κ2) is 59.1. The van der Waals surface area contributed by atoms with Gasteiger partial charge >= 0.3 is 11.9 Å². The van der Waals surface area contributed by atoms with Crippen molar-refractivity contribution in [1.29, 1.82) is 0 Å². The van der Waals surface area contributed by atoms with E-state index < -0.39 is 26.5 Å². The number of carbonyl (C=O) groups excluding carboxylic acids is 2. The zero-order valence-corrected chi connectivity index (χ0v) is 52.8. The second-order valence-corrected chi connectivity index (χ2v) is 25.6. The van der Waals surface area contributed by atoms with Crippen molar-refractivity contribution in [1.82, 2.24) is 0 Å². The smallest absolute Gasteiger partial charge is 0.306 e. The molecule has 0 fully saturated rings. The summed E-state index contributed by atoms with van der Waals surface area (Å²) in [4.78, 5) is 37.8. The molecule has 0 saturated heterocycles. The van der Waals surface area contributed by atoms with Crippen molar-refractivity contribution in [2.45, 2.75) is 347 Å². The van der Waals surface area contributed by atoms with E-state index >= 15 is 0 Å². The van der Waals surface area contributed by atoms with Crippen LogP contribution in [0.1, 0.15) is 341 Å². The molecule has 0 aliphatic rings. The van der Waals surface area contributed by atoms with Crippen LogP contribution >= 0.6 is 7.82 Å². The van der Waals surface area contributed by atoms with Crippen LogP contribution in [0.3, 0.4) is 0 Å². The molecule has 2 unspecified atom stereocenters. The lowest BCUT2D eigenvalue weighted by atomic mass is 10.0. The van der Waals surface area contributed by atoms with Gasteiger partial charge < -0.3 is 27.9 Å². The number of nitrogens with zero attached hydrogens (tertiary/aromatic N) is 1. The highest BCUT2D eigenvalue weighted by Gasteiger charge is 2.22. The first-order valence-electron chi connectivity index (χ1n) is 33.5. The van der Waals surface area contributed by atoms with Crippen LogP contribution in [-0.2, 0) is 32.7 Å². The van der Waals surface area contributed by atoms with E-state index in [1.54, 1.807) is 0 Å². The van der Waals surface area contributed by atoms with Crippen molar-refractivity contribution in [3.8, 4) is 0 Å². The maximum absolute atomic E-state index is 12.8. The van der Waals surface area contributed by atoms with E-state index in [-0.39, 0.29) is 32.0 Å². The highest BCUT2D eigenvalue weighted by molar-refractivity contribution is 7.45. The van der Waals surface area contributed by atoms with Crippen LogP contribution < -0.4 is 4.89 Å². The molecule has 77 heavy (non-hydrogen) atoms. The number of rotatable bonds is 63. The summed E-state index contributed by atoms with van der Waals surface area (Å²) in [6, 6.07) is 0. The molecule has 456 valence electrons. The van der Waals surface area contributed by atoms with Gasteiger partial charge in [-0.1, -0.05) is 289 Å². The van der Waals surface area contributed by atoms with Gasteiger partial charge in [0, 0.05) is 12.8 Å². The van der Waals surface area contributed by atoms with Gasteiger partial charge in [0.05, 0.1) is 27.7 Å². The Morgan fingerprint density at radius 3 is 0.987 bits per heavy atom. The zero-order valence-electron chi connectivity index (χ0n) is 51.9. The first kappa shape index (κ1) is 75.5. The van der Waals surface area contributed by atoms with Crippen LogP contribution in [0.15, 0.2) is 24.3 Å². The molecule has 0 aromatic heterocycles. The van der Waals surface area contributed by atoms with E-state index in [0.29, 0.717) is 17.4 Å². The van der Waals surface area contributed by atoms with Gasteiger partial charge in [0.25, 0.3) is 7.82 Å². The minimum atomic E-state index is -4.63. The fourth-order valence-corrected chi connectivity index (χ4v) is 10.7. The monoisotopic (exact) mass is 1110 g/mol. The predicted octanol–water partition coefficient (Wildman–Crippen LogP) is 20.7. The largest absolute Gasteiger partial charge is 0.756 e. The van der Waals surface area contributed by atoms with Gasteiger partial charge in [-0.3, -0.25) is 14.2 Å². The average Bonchev–Trinajstić information content (AvgIpc) is 3.39. The summed E-state index contributed by atoms with van der Waals surface area (Å²) in [6.07, 6.45) is 73.0. The van der Waals surface area contributed by atoms with Gasteiger partial charge in [-0.2, -0.15) is 0 Å². The van der Waals surface area contributed by atoms with Crippen molar-refractivity contribution >= 4 is 19.8 Å². The number of phosphoric ester groups is 1. The maximum atomic E-state index is 12.8. The fourth-order valence-electron chi connectivity index (χ4n) is 10.0. The number of allylic oxidation sites excluding steroid dienone is 4. The number of phosphoric acid groups is 1. The highest BCUT2D eigenvalue weighted by Crippen LogP contribution is 2.38. The normalized spacial score (nSPS) is 13.3. The Hall–Kier alpha value is -1.51. The van der Waals surface area contributed by atoms with E-state index in [2.05, 4.69) is 38.2 Å². The summed E-state index contributed by atoms with van der Waals surface area (Å²) in [7, 11) is 1.18. The minimum absolute atomic E-state index is 0.0291. The molecular formula is C67H130NO8P. The lowest BCUT2D eigenvalue weighted by Crippen LogP contribution is -2.37. The molecule has 10 heteroatoms. The quantitative estimate of drug-likeness (QED) is 0.0195. The third-order valence-electron chi connectivity index (χ3n) is 15.2. The van der Waals surface area contributed by atoms with Crippen LogP contribution in [0.4, 0.5) is 0 Å². The second-order valence-electron chi connectivity index (χ2n) is 24.2. The summed E-state index contributed by atoms with van der Waals surface area (Å²) in [6.45, 7) is 4.25. The van der Waals surface area contributed by atoms with Crippen molar-refractivity contribution in [3.63, 3.8) is 0 Å². The standard InChI is InChI=1S/C67H130NO8P/c1-6-8-10-12-14-16-18-20-21-22-23-24-25-26-27-28-29-30-31-32-33-34-35-36-37-38-39-40-41-42-43-44-45-46-47-48-50-52-54-56-58-60-67(70)76-65(64-75-77(71,72)74-62-61-68(3,4)5)63-73-66(69)59-57-55-53-51-49-19-17-15-13-11-9-7-2/h15,17,22-23,65H,6-14,16,18-21,24-64H2,1-5H3/b17-15-,23-22-. The molecule has 0 spiro atoms. The zero-order chi connectivity index (χ0) is 56.3. The molecule has 0 aliphatic carbocycles. The van der Waals surface area contributed by atoms with Crippen LogP contribution in [-0.4, -0.2) is 70.0 Å². The lowest BCUT2D eigenvalue weighted by Gasteiger charge is -2.28. The molecule has 0 rings (SSSR count). The SMILES string of the molecule is CCCCC/C=C\CCCCCCCC(=O)OCC(COP(=O)([O-])OCC[N+](C)(C)C)OC(=O)CCCCCCCCCCCCCCCCCCCCCCCCCCCCCCC/C=C\CCCCCCCCCC. The van der Waals surface area contributed by atoms with E-state index in [4.69, 9.17) is 18.5 Å². The third-order valence-corrected chi connectivity index (χ3v) is 16.2. The summed E-state index contributed by atoms with van der Waals surface area (Å²) in [5.41, 5.74) is 0. The summed E-state index contributed by atoms with van der Waals surface area (Å²) < 4.78 is 34.1. The van der Waals surface area contributed by atoms with E-state index in [0.717, 1.165) is 51.4 Å². The number of hydrogen-bond donors (Lipinski definition) is 0. The van der Waals surface area contributed by atoms with Crippen LogP contribution in [0.25, 0.3) is 0 Å². The Balaban J connectivity index is 3.79. The van der Waals surface area contributed by atoms with Gasteiger partial charge in [-0.25, -0.2) is 0 Å². The molecule has 0 aliphatic heterocycles. The average molecular weight is 1110 g/mol. The Bertz CT molecular complexity index is 1350. The van der Waals surface area contributed by atoms with Gasteiger partial charge in [0.2, 0.25) is 0 Å². The Morgan fingerprint density at radius 2 is 0.662 bits per heavy atom. The van der Waals surface area contributed by atoms with Crippen molar-refractivity contribution in [2.75, 3.05) is 47.5 Å². The first-order chi connectivity index (χ1) is 37.5. The minimum Gasteiger partial charge on any atom is -0.756 e. The van der Waals surface area contributed by atoms with Crippen molar-refractivity contribution < 1.29 is 42.1 Å². The summed E-state index contributed by atoms with van der Waals surface area (Å²) in [5, 5.41) is 0. The number of hydrogen-bond acceptors (Lipinski definition) is 8. The van der Waals surface area contributed by atoms with Crippen LogP contribution in [0.5, 0.6) is 0 Å².